The monoisotopic (exact) mass is 320 g/mol. The molecule has 8 heteroatoms. The van der Waals surface area contributed by atoms with E-state index in [-0.39, 0.29) is 29.3 Å². The summed E-state index contributed by atoms with van der Waals surface area (Å²) < 4.78 is 41.3. The molecular formula is C15H10F2N2O4. The van der Waals surface area contributed by atoms with E-state index in [0.29, 0.717) is 5.76 Å². The van der Waals surface area contributed by atoms with Gasteiger partial charge in [0.15, 0.2) is 11.5 Å². The van der Waals surface area contributed by atoms with Gasteiger partial charge >= 0.3 is 5.97 Å². The molecule has 0 aliphatic heterocycles. The van der Waals surface area contributed by atoms with Gasteiger partial charge < -0.3 is 13.8 Å². The lowest BCUT2D eigenvalue weighted by molar-refractivity contribution is 0.0452. The van der Waals surface area contributed by atoms with Gasteiger partial charge in [0.25, 0.3) is 0 Å². The molecule has 0 bridgehead atoms. The average molecular weight is 320 g/mol. The van der Waals surface area contributed by atoms with Gasteiger partial charge in [0, 0.05) is 18.2 Å². The third-order valence-electron chi connectivity index (χ3n) is 2.94. The zero-order valence-electron chi connectivity index (χ0n) is 11.9. The third-order valence-corrected chi connectivity index (χ3v) is 2.94. The Morgan fingerprint density at radius 2 is 2.00 bits per heavy atom. The van der Waals surface area contributed by atoms with Gasteiger partial charge in [-0.15, -0.1) is 0 Å². The number of esters is 1. The van der Waals surface area contributed by atoms with Crippen LogP contribution in [0.5, 0.6) is 0 Å². The molecule has 0 radical (unpaired) electrons. The van der Waals surface area contributed by atoms with Crippen molar-refractivity contribution >= 4 is 5.97 Å². The standard InChI is InChI=1S/C15H10F2N2O4/c1-8-4-13(19-22-8)15(20)21-7-10-6-14(23-18-10)11-3-2-9(16)5-12(11)17/h2-6H,7H2,1H3. The van der Waals surface area contributed by atoms with Crippen LogP contribution in [-0.4, -0.2) is 16.3 Å². The highest BCUT2D eigenvalue weighted by Crippen LogP contribution is 2.24. The fourth-order valence-electron chi connectivity index (χ4n) is 1.87. The van der Waals surface area contributed by atoms with Crippen LogP contribution in [0, 0.1) is 18.6 Å². The van der Waals surface area contributed by atoms with Crippen LogP contribution >= 0.6 is 0 Å². The molecule has 118 valence electrons. The van der Waals surface area contributed by atoms with Gasteiger partial charge in [0.1, 0.15) is 29.7 Å². The zero-order valence-corrected chi connectivity index (χ0v) is 11.9. The SMILES string of the molecule is Cc1cc(C(=O)OCc2cc(-c3ccc(F)cc3F)on2)no1. The molecule has 0 atom stereocenters. The van der Waals surface area contributed by atoms with E-state index in [2.05, 4.69) is 10.3 Å². The van der Waals surface area contributed by atoms with Gasteiger partial charge in [-0.25, -0.2) is 13.6 Å². The minimum atomic E-state index is -0.775. The average Bonchev–Trinajstić information content (AvgIpc) is 3.14. The molecule has 0 spiro atoms. The molecule has 23 heavy (non-hydrogen) atoms. The van der Waals surface area contributed by atoms with Crippen molar-refractivity contribution in [3.8, 4) is 11.3 Å². The number of halogens is 2. The number of benzene rings is 1. The molecule has 0 fully saturated rings. The van der Waals surface area contributed by atoms with Gasteiger partial charge in [-0.2, -0.15) is 0 Å². The number of rotatable bonds is 4. The van der Waals surface area contributed by atoms with Crippen molar-refractivity contribution in [1.82, 2.24) is 10.3 Å². The van der Waals surface area contributed by atoms with Gasteiger partial charge in [-0.05, 0) is 19.1 Å². The molecule has 0 saturated heterocycles. The van der Waals surface area contributed by atoms with Crippen LogP contribution in [0.15, 0.2) is 39.4 Å². The Morgan fingerprint density at radius 3 is 2.70 bits per heavy atom. The van der Waals surface area contributed by atoms with Crippen LogP contribution < -0.4 is 0 Å². The number of carbonyl (C=O) groups excluding carboxylic acids is 1. The number of hydrogen-bond acceptors (Lipinski definition) is 6. The number of ether oxygens (including phenoxy) is 1. The molecule has 1 aromatic carbocycles. The first-order chi connectivity index (χ1) is 11.0. The van der Waals surface area contributed by atoms with Crippen LogP contribution in [0.1, 0.15) is 21.9 Å². The fraction of sp³-hybridized carbons (Fsp3) is 0.133. The quantitative estimate of drug-likeness (QED) is 0.687. The van der Waals surface area contributed by atoms with Crippen LogP contribution in [0.3, 0.4) is 0 Å². The Hall–Kier alpha value is -3.03. The summed E-state index contributed by atoms with van der Waals surface area (Å²) in [6.07, 6.45) is 0. The maximum atomic E-state index is 13.7. The van der Waals surface area contributed by atoms with Crippen LogP contribution in [-0.2, 0) is 11.3 Å². The van der Waals surface area contributed by atoms with E-state index < -0.39 is 17.6 Å². The summed E-state index contributed by atoms with van der Waals surface area (Å²) in [6.45, 7) is 1.46. The van der Waals surface area contributed by atoms with Crippen LogP contribution in [0.2, 0.25) is 0 Å². The Kier molecular flexibility index (Phi) is 3.88. The molecule has 3 rings (SSSR count). The highest BCUT2D eigenvalue weighted by Gasteiger charge is 2.16. The normalized spacial score (nSPS) is 10.7. The van der Waals surface area contributed by atoms with Crippen molar-refractivity contribution in [3.63, 3.8) is 0 Å². The summed E-state index contributed by atoms with van der Waals surface area (Å²) in [7, 11) is 0. The summed E-state index contributed by atoms with van der Waals surface area (Å²) in [4.78, 5) is 11.7. The fourth-order valence-corrected chi connectivity index (χ4v) is 1.87. The Labute approximate surface area is 128 Å². The second-order valence-corrected chi connectivity index (χ2v) is 4.71. The molecule has 2 heterocycles. The van der Waals surface area contributed by atoms with Crippen molar-refractivity contribution in [3.05, 3.63) is 59.1 Å². The first-order valence-electron chi connectivity index (χ1n) is 6.54. The predicted molar refractivity (Wildman–Crippen MR) is 72.2 cm³/mol. The maximum Gasteiger partial charge on any atom is 0.360 e. The molecule has 0 aliphatic rings. The number of aromatic nitrogens is 2. The van der Waals surface area contributed by atoms with E-state index in [1.807, 2.05) is 0 Å². The summed E-state index contributed by atoms with van der Waals surface area (Å²) in [5.41, 5.74) is 0.372. The number of aryl methyl sites for hydroxylation is 1. The lowest BCUT2D eigenvalue weighted by atomic mass is 10.1. The Balaban J connectivity index is 1.69. The summed E-state index contributed by atoms with van der Waals surface area (Å²) in [5.74, 6) is -1.57. The van der Waals surface area contributed by atoms with Gasteiger partial charge in [-0.1, -0.05) is 10.3 Å². The smallest absolute Gasteiger partial charge is 0.360 e. The van der Waals surface area contributed by atoms with Crippen molar-refractivity contribution in [2.75, 3.05) is 0 Å². The second kappa shape index (κ2) is 5.99. The van der Waals surface area contributed by atoms with Crippen molar-refractivity contribution in [1.29, 1.82) is 0 Å². The molecule has 2 aromatic heterocycles. The highest BCUT2D eigenvalue weighted by atomic mass is 19.1. The lowest BCUT2D eigenvalue weighted by Gasteiger charge is -1.98. The van der Waals surface area contributed by atoms with Gasteiger partial charge in [-0.3, -0.25) is 0 Å². The van der Waals surface area contributed by atoms with E-state index in [4.69, 9.17) is 13.8 Å². The van der Waals surface area contributed by atoms with Crippen molar-refractivity contribution in [2.45, 2.75) is 13.5 Å². The molecule has 0 saturated carbocycles. The van der Waals surface area contributed by atoms with Crippen molar-refractivity contribution in [2.24, 2.45) is 0 Å². The van der Waals surface area contributed by atoms with Crippen LogP contribution in [0.4, 0.5) is 8.78 Å². The first-order valence-corrected chi connectivity index (χ1v) is 6.54. The Morgan fingerprint density at radius 1 is 1.17 bits per heavy atom. The number of hydrogen-bond donors (Lipinski definition) is 0. The summed E-state index contributed by atoms with van der Waals surface area (Å²) in [6, 6.07) is 5.92. The Bertz CT molecular complexity index is 857. The molecule has 0 aliphatic carbocycles. The van der Waals surface area contributed by atoms with E-state index in [1.54, 1.807) is 6.92 Å². The van der Waals surface area contributed by atoms with Crippen LogP contribution in [0.25, 0.3) is 11.3 Å². The minimum absolute atomic E-state index is 0.0378. The predicted octanol–water partition coefficient (Wildman–Crippen LogP) is 3.27. The summed E-state index contributed by atoms with van der Waals surface area (Å²) >= 11 is 0. The molecule has 0 N–H and O–H groups in total. The number of carbonyl (C=O) groups is 1. The summed E-state index contributed by atoms with van der Waals surface area (Å²) in [5, 5.41) is 7.19. The van der Waals surface area contributed by atoms with E-state index in [0.717, 1.165) is 12.1 Å². The van der Waals surface area contributed by atoms with E-state index >= 15 is 0 Å². The van der Waals surface area contributed by atoms with E-state index in [1.165, 1.54) is 18.2 Å². The topological polar surface area (TPSA) is 78.4 Å². The van der Waals surface area contributed by atoms with Gasteiger partial charge in [0.2, 0.25) is 0 Å². The molecular weight excluding hydrogens is 310 g/mol. The minimum Gasteiger partial charge on any atom is -0.454 e. The number of nitrogens with zero attached hydrogens (tertiary/aromatic N) is 2. The second-order valence-electron chi connectivity index (χ2n) is 4.71. The maximum absolute atomic E-state index is 13.7. The van der Waals surface area contributed by atoms with E-state index in [9.17, 15) is 13.6 Å². The largest absolute Gasteiger partial charge is 0.454 e. The first kappa shape index (κ1) is 14.9. The zero-order chi connectivity index (χ0) is 16.4. The molecule has 0 unspecified atom stereocenters. The van der Waals surface area contributed by atoms with Crippen molar-refractivity contribution < 1.29 is 27.4 Å². The highest BCUT2D eigenvalue weighted by molar-refractivity contribution is 5.87. The lowest BCUT2D eigenvalue weighted by Crippen LogP contribution is -2.05. The molecule has 6 nitrogen and oxygen atoms in total. The van der Waals surface area contributed by atoms with Gasteiger partial charge in [0.05, 0.1) is 5.56 Å². The molecule has 3 aromatic rings. The molecule has 0 amide bonds. The third kappa shape index (κ3) is 3.25.